The molecule has 6 nitrogen and oxygen atoms in total. The molecule has 2 amide bonds. The van der Waals surface area contributed by atoms with Crippen LogP contribution in [-0.4, -0.2) is 33.4 Å². The highest BCUT2D eigenvalue weighted by molar-refractivity contribution is 9.10. The van der Waals surface area contributed by atoms with Crippen LogP contribution in [0.2, 0.25) is 5.02 Å². The number of carbonyl (C=O) groups excluding carboxylic acids is 2. The summed E-state index contributed by atoms with van der Waals surface area (Å²) in [7, 11) is 1.54. The van der Waals surface area contributed by atoms with E-state index in [1.54, 1.807) is 23.1 Å². The predicted molar refractivity (Wildman–Crippen MR) is 115 cm³/mol. The second kappa shape index (κ2) is 8.92. The molecule has 1 heterocycles. The fourth-order valence-electron chi connectivity index (χ4n) is 2.99. The van der Waals surface area contributed by atoms with E-state index in [0.717, 1.165) is 0 Å². The fourth-order valence-corrected chi connectivity index (χ4v) is 3.56. The van der Waals surface area contributed by atoms with Crippen LogP contribution in [0.15, 0.2) is 39.7 Å². The average molecular weight is 469 g/mol. The highest BCUT2D eigenvalue weighted by atomic mass is 79.9. The van der Waals surface area contributed by atoms with Gasteiger partial charge in [-0.05, 0) is 52.0 Å². The summed E-state index contributed by atoms with van der Waals surface area (Å²) in [5.74, 6) is -0.742. The van der Waals surface area contributed by atoms with Crippen molar-refractivity contribution in [1.82, 2.24) is 9.47 Å². The van der Waals surface area contributed by atoms with Gasteiger partial charge in [0.1, 0.15) is 5.69 Å². The Balaban J connectivity index is 2.43. The number of carbonyl (C=O) groups is 2. The SMILES string of the molecule is CC(C)N(C(=O)c1cc(NC(=O)c2cc(Br)ccc2Cl)c(=O)n(C)c1)C(C)C. The number of rotatable bonds is 5. The van der Waals surface area contributed by atoms with Crippen LogP contribution in [-0.2, 0) is 7.05 Å². The first-order valence-electron chi connectivity index (χ1n) is 8.82. The first-order chi connectivity index (χ1) is 13.0. The Morgan fingerprint density at radius 2 is 1.75 bits per heavy atom. The lowest BCUT2D eigenvalue weighted by molar-refractivity contribution is 0.0642. The molecule has 2 rings (SSSR count). The third-order valence-electron chi connectivity index (χ3n) is 4.20. The van der Waals surface area contributed by atoms with E-state index in [1.165, 1.54) is 23.9 Å². The number of aromatic nitrogens is 1. The van der Waals surface area contributed by atoms with Crippen molar-refractivity contribution in [2.75, 3.05) is 5.32 Å². The van der Waals surface area contributed by atoms with Gasteiger partial charge in [-0.25, -0.2) is 0 Å². The van der Waals surface area contributed by atoms with E-state index in [4.69, 9.17) is 11.6 Å². The molecule has 8 heteroatoms. The molecule has 0 aliphatic heterocycles. The lowest BCUT2D eigenvalue weighted by Gasteiger charge is -2.31. The van der Waals surface area contributed by atoms with Gasteiger partial charge in [0, 0.05) is 29.8 Å². The van der Waals surface area contributed by atoms with E-state index in [2.05, 4.69) is 21.2 Å². The molecule has 150 valence electrons. The minimum absolute atomic E-state index is 0.0109. The molecule has 1 N–H and O–H groups in total. The molecule has 0 fully saturated rings. The van der Waals surface area contributed by atoms with Gasteiger partial charge in [0.2, 0.25) is 0 Å². The molecule has 28 heavy (non-hydrogen) atoms. The lowest BCUT2D eigenvalue weighted by Crippen LogP contribution is -2.42. The highest BCUT2D eigenvalue weighted by Gasteiger charge is 2.23. The van der Waals surface area contributed by atoms with Gasteiger partial charge in [-0.3, -0.25) is 14.4 Å². The smallest absolute Gasteiger partial charge is 0.274 e. The highest BCUT2D eigenvalue weighted by Crippen LogP contribution is 2.22. The minimum atomic E-state index is -0.530. The maximum Gasteiger partial charge on any atom is 0.274 e. The summed E-state index contributed by atoms with van der Waals surface area (Å²) in [5.41, 5.74) is 0.138. The van der Waals surface area contributed by atoms with Crippen molar-refractivity contribution in [3.8, 4) is 0 Å². The van der Waals surface area contributed by atoms with Gasteiger partial charge in [-0.15, -0.1) is 0 Å². The van der Waals surface area contributed by atoms with E-state index in [-0.39, 0.29) is 34.3 Å². The summed E-state index contributed by atoms with van der Waals surface area (Å²) in [6, 6.07) is 6.25. The van der Waals surface area contributed by atoms with Crippen molar-refractivity contribution >= 4 is 45.0 Å². The summed E-state index contributed by atoms with van der Waals surface area (Å²) < 4.78 is 1.97. The third kappa shape index (κ3) is 4.83. The summed E-state index contributed by atoms with van der Waals surface area (Å²) in [6.45, 7) is 7.71. The van der Waals surface area contributed by atoms with Gasteiger partial charge in [-0.1, -0.05) is 27.5 Å². The van der Waals surface area contributed by atoms with Crippen LogP contribution in [0.1, 0.15) is 48.4 Å². The Hall–Kier alpha value is -2.12. The Kier molecular flexibility index (Phi) is 7.06. The van der Waals surface area contributed by atoms with Crippen molar-refractivity contribution in [2.24, 2.45) is 7.05 Å². The largest absolute Gasteiger partial charge is 0.334 e. The van der Waals surface area contributed by atoms with Crippen LogP contribution in [0, 0.1) is 0 Å². The Morgan fingerprint density at radius 1 is 1.14 bits per heavy atom. The zero-order valence-electron chi connectivity index (χ0n) is 16.4. The third-order valence-corrected chi connectivity index (χ3v) is 5.02. The van der Waals surface area contributed by atoms with E-state index in [9.17, 15) is 14.4 Å². The summed E-state index contributed by atoms with van der Waals surface area (Å²) >= 11 is 9.39. The predicted octanol–water partition coefficient (Wildman–Crippen LogP) is 4.31. The standard InChI is InChI=1S/C20H23BrClN3O3/c1-11(2)25(12(3)4)19(27)13-8-17(20(28)24(5)10-13)23-18(26)15-9-14(21)6-7-16(15)22/h6-12H,1-5H3,(H,23,26). The van der Waals surface area contributed by atoms with Crippen LogP contribution in [0.25, 0.3) is 0 Å². The molecule has 0 saturated heterocycles. The van der Waals surface area contributed by atoms with Crippen molar-refractivity contribution in [2.45, 2.75) is 39.8 Å². The van der Waals surface area contributed by atoms with Crippen molar-refractivity contribution in [1.29, 1.82) is 0 Å². The number of nitrogens with zero attached hydrogens (tertiary/aromatic N) is 2. The molecule has 1 aromatic carbocycles. The molecule has 0 aliphatic carbocycles. The Bertz CT molecular complexity index is 962. The molecule has 2 aromatic rings. The number of halogens is 2. The molecule has 0 atom stereocenters. The fraction of sp³-hybridized carbons (Fsp3) is 0.350. The van der Waals surface area contributed by atoms with Crippen LogP contribution >= 0.6 is 27.5 Å². The van der Waals surface area contributed by atoms with E-state index >= 15 is 0 Å². The van der Waals surface area contributed by atoms with Crippen LogP contribution in [0.5, 0.6) is 0 Å². The number of benzene rings is 1. The zero-order valence-corrected chi connectivity index (χ0v) is 18.8. The number of hydrogen-bond donors (Lipinski definition) is 1. The maximum atomic E-state index is 13.0. The van der Waals surface area contributed by atoms with Crippen molar-refractivity contribution in [3.63, 3.8) is 0 Å². The number of pyridine rings is 1. The van der Waals surface area contributed by atoms with Crippen molar-refractivity contribution in [3.05, 3.63) is 61.4 Å². The molecule has 0 spiro atoms. The Labute approximate surface area is 177 Å². The number of aryl methyl sites for hydroxylation is 1. The van der Waals surface area contributed by atoms with Crippen LogP contribution in [0.4, 0.5) is 5.69 Å². The molecular formula is C20H23BrClN3O3. The number of amides is 2. The van der Waals surface area contributed by atoms with E-state index < -0.39 is 11.5 Å². The quantitative estimate of drug-likeness (QED) is 0.711. The molecule has 0 saturated carbocycles. The van der Waals surface area contributed by atoms with Gasteiger partial charge >= 0.3 is 0 Å². The molecule has 1 aromatic heterocycles. The maximum absolute atomic E-state index is 13.0. The monoisotopic (exact) mass is 467 g/mol. The molecule has 0 aliphatic rings. The number of anilines is 1. The van der Waals surface area contributed by atoms with Crippen LogP contribution in [0.3, 0.4) is 0 Å². The lowest BCUT2D eigenvalue weighted by atomic mass is 10.1. The van der Waals surface area contributed by atoms with Crippen molar-refractivity contribution < 1.29 is 9.59 Å². The first kappa shape index (κ1) is 22.2. The molecule has 0 radical (unpaired) electrons. The van der Waals surface area contributed by atoms with Gasteiger partial charge in [0.15, 0.2) is 0 Å². The molecular weight excluding hydrogens is 446 g/mol. The topological polar surface area (TPSA) is 71.4 Å². The number of hydrogen-bond acceptors (Lipinski definition) is 3. The molecule has 0 bridgehead atoms. The summed E-state index contributed by atoms with van der Waals surface area (Å²) in [6.07, 6.45) is 1.48. The molecule has 0 unspecified atom stereocenters. The Morgan fingerprint density at radius 3 is 2.32 bits per heavy atom. The van der Waals surface area contributed by atoms with Gasteiger partial charge in [0.05, 0.1) is 16.1 Å². The van der Waals surface area contributed by atoms with Gasteiger partial charge in [-0.2, -0.15) is 0 Å². The van der Waals surface area contributed by atoms with Crippen LogP contribution < -0.4 is 10.9 Å². The van der Waals surface area contributed by atoms with Gasteiger partial charge in [0.25, 0.3) is 17.4 Å². The first-order valence-corrected chi connectivity index (χ1v) is 9.99. The second-order valence-electron chi connectivity index (χ2n) is 7.04. The summed E-state index contributed by atoms with van der Waals surface area (Å²) in [5, 5.41) is 2.84. The average Bonchev–Trinajstić information content (AvgIpc) is 2.59. The summed E-state index contributed by atoms with van der Waals surface area (Å²) in [4.78, 5) is 39.8. The van der Waals surface area contributed by atoms with E-state index in [0.29, 0.717) is 10.0 Å². The van der Waals surface area contributed by atoms with E-state index in [1.807, 2.05) is 27.7 Å². The second-order valence-corrected chi connectivity index (χ2v) is 8.36. The zero-order chi connectivity index (χ0) is 21.2. The normalized spacial score (nSPS) is 11.0. The van der Waals surface area contributed by atoms with Gasteiger partial charge < -0.3 is 14.8 Å². The minimum Gasteiger partial charge on any atom is -0.334 e. The number of nitrogens with one attached hydrogen (secondary N) is 1.